The van der Waals surface area contributed by atoms with Crippen molar-refractivity contribution < 1.29 is 18.7 Å². The summed E-state index contributed by atoms with van der Waals surface area (Å²) in [6.45, 7) is 10.6. The molecule has 0 saturated carbocycles. The van der Waals surface area contributed by atoms with Crippen molar-refractivity contribution in [2.75, 3.05) is 19.7 Å². The molecule has 0 unspecified atom stereocenters. The van der Waals surface area contributed by atoms with Crippen LogP contribution in [0.4, 0.5) is 4.39 Å². The van der Waals surface area contributed by atoms with Gasteiger partial charge in [-0.2, -0.15) is 0 Å². The van der Waals surface area contributed by atoms with E-state index < -0.39 is 11.4 Å². The van der Waals surface area contributed by atoms with E-state index in [9.17, 15) is 14.0 Å². The molecule has 1 aromatic heterocycles. The number of hydrogen-bond acceptors (Lipinski definition) is 4. The zero-order valence-electron chi connectivity index (χ0n) is 21.5. The summed E-state index contributed by atoms with van der Waals surface area (Å²) in [5.74, 6) is -0.0340. The molecule has 7 heteroatoms. The molecule has 0 fully saturated rings. The minimum absolute atomic E-state index is 0.0702. The molecule has 0 bridgehead atoms. The van der Waals surface area contributed by atoms with Gasteiger partial charge in [-0.3, -0.25) is 9.59 Å². The quantitative estimate of drug-likeness (QED) is 0.413. The lowest BCUT2D eigenvalue weighted by Gasteiger charge is -2.40. The molecule has 2 heterocycles. The number of carbonyl (C=O) groups excluding carboxylic acids is 2. The van der Waals surface area contributed by atoms with Crippen molar-refractivity contribution in [1.82, 2.24) is 9.80 Å². The summed E-state index contributed by atoms with van der Waals surface area (Å²) in [6, 6.07) is 13.3. The molecule has 4 rings (SSSR count). The molecule has 0 spiro atoms. The molecule has 0 N–H and O–H groups in total. The molecule has 36 heavy (non-hydrogen) atoms. The highest BCUT2D eigenvalue weighted by Crippen LogP contribution is 2.34. The second-order valence-electron chi connectivity index (χ2n) is 10.3. The Labute approximate surface area is 216 Å². The molecular weight excluding hydrogens is 475 g/mol. The number of thiophene rings is 1. The molecule has 1 atom stereocenters. The second kappa shape index (κ2) is 10.4. The van der Waals surface area contributed by atoms with E-state index in [1.54, 1.807) is 16.2 Å². The van der Waals surface area contributed by atoms with Crippen LogP contribution >= 0.6 is 11.3 Å². The number of aryl methyl sites for hydroxylation is 2. The summed E-state index contributed by atoms with van der Waals surface area (Å²) < 4.78 is 19.7. The van der Waals surface area contributed by atoms with E-state index in [1.807, 2.05) is 51.7 Å². The molecule has 0 radical (unpaired) electrons. The average molecular weight is 509 g/mol. The molecule has 0 aliphatic carbocycles. The van der Waals surface area contributed by atoms with Gasteiger partial charge in [0.05, 0.1) is 6.04 Å². The third-order valence-corrected chi connectivity index (χ3v) is 7.58. The number of ether oxygens (including phenoxy) is 1. The number of halogens is 1. The first-order valence-electron chi connectivity index (χ1n) is 12.2. The van der Waals surface area contributed by atoms with E-state index in [2.05, 4.69) is 17.5 Å². The fraction of sp³-hybridized carbons (Fsp3) is 0.379. The normalized spacial score (nSPS) is 15.4. The van der Waals surface area contributed by atoms with Crippen molar-refractivity contribution in [2.24, 2.45) is 0 Å². The van der Waals surface area contributed by atoms with Crippen LogP contribution in [0.3, 0.4) is 0 Å². The lowest BCUT2D eigenvalue weighted by atomic mass is 9.99. The Morgan fingerprint density at radius 3 is 2.50 bits per heavy atom. The standard InChI is InChI=1S/C29H33FN2O3S/c1-19-6-11-25(20(2)16-19)35-18-24-23-13-15-36-26(23)12-14-31(24)27(33)17-32(29(3,4)5)28(34)21-7-9-22(30)10-8-21/h6-11,13,15-16,24H,12,14,17-18H2,1-5H3/t24-/m1/s1. The molecule has 190 valence electrons. The maximum Gasteiger partial charge on any atom is 0.254 e. The van der Waals surface area contributed by atoms with Crippen LogP contribution in [0, 0.1) is 19.7 Å². The molecule has 1 aliphatic rings. The molecule has 3 aromatic rings. The van der Waals surface area contributed by atoms with Crippen molar-refractivity contribution in [3.05, 3.63) is 86.9 Å². The first-order chi connectivity index (χ1) is 17.0. The van der Waals surface area contributed by atoms with Crippen LogP contribution in [-0.2, 0) is 11.2 Å². The number of fused-ring (bicyclic) bond motifs is 1. The predicted octanol–water partition coefficient (Wildman–Crippen LogP) is 5.95. The molecule has 2 aromatic carbocycles. The van der Waals surface area contributed by atoms with Crippen LogP contribution < -0.4 is 4.74 Å². The van der Waals surface area contributed by atoms with E-state index in [0.29, 0.717) is 18.7 Å². The van der Waals surface area contributed by atoms with Crippen molar-refractivity contribution in [3.63, 3.8) is 0 Å². The highest BCUT2D eigenvalue weighted by atomic mass is 32.1. The number of rotatable bonds is 6. The first kappa shape index (κ1) is 25.9. The minimum Gasteiger partial charge on any atom is -0.491 e. The van der Waals surface area contributed by atoms with E-state index >= 15 is 0 Å². The Morgan fingerprint density at radius 2 is 1.83 bits per heavy atom. The van der Waals surface area contributed by atoms with Gasteiger partial charge < -0.3 is 14.5 Å². The zero-order valence-corrected chi connectivity index (χ0v) is 22.3. The summed E-state index contributed by atoms with van der Waals surface area (Å²) in [5, 5.41) is 2.06. The fourth-order valence-corrected chi connectivity index (χ4v) is 5.52. The van der Waals surface area contributed by atoms with Gasteiger partial charge in [0, 0.05) is 22.5 Å². The van der Waals surface area contributed by atoms with Crippen LogP contribution in [0.15, 0.2) is 53.9 Å². The Hall–Kier alpha value is -3.19. The van der Waals surface area contributed by atoms with Gasteiger partial charge in [-0.1, -0.05) is 17.7 Å². The zero-order chi connectivity index (χ0) is 26.0. The number of benzene rings is 2. The van der Waals surface area contributed by atoms with Gasteiger partial charge in [0.15, 0.2) is 0 Å². The van der Waals surface area contributed by atoms with Crippen molar-refractivity contribution >= 4 is 23.2 Å². The van der Waals surface area contributed by atoms with Crippen LogP contribution in [0.2, 0.25) is 0 Å². The van der Waals surface area contributed by atoms with Crippen LogP contribution in [0.25, 0.3) is 0 Å². The third-order valence-electron chi connectivity index (χ3n) is 6.58. The number of amides is 2. The van der Waals surface area contributed by atoms with E-state index in [1.165, 1.54) is 34.7 Å². The second-order valence-corrected chi connectivity index (χ2v) is 11.3. The predicted molar refractivity (Wildman–Crippen MR) is 141 cm³/mol. The van der Waals surface area contributed by atoms with Gasteiger partial charge in [0.2, 0.25) is 5.91 Å². The van der Waals surface area contributed by atoms with Gasteiger partial charge in [-0.25, -0.2) is 4.39 Å². The van der Waals surface area contributed by atoms with Gasteiger partial charge in [-0.15, -0.1) is 11.3 Å². The topological polar surface area (TPSA) is 49.9 Å². The van der Waals surface area contributed by atoms with E-state index in [-0.39, 0.29) is 24.4 Å². The third kappa shape index (κ3) is 5.62. The fourth-order valence-electron chi connectivity index (χ4n) is 4.59. The number of hydrogen-bond donors (Lipinski definition) is 0. The van der Waals surface area contributed by atoms with Crippen LogP contribution in [0.5, 0.6) is 5.75 Å². The summed E-state index contributed by atoms with van der Waals surface area (Å²) >= 11 is 1.70. The maximum atomic E-state index is 13.7. The van der Waals surface area contributed by atoms with E-state index in [4.69, 9.17) is 4.74 Å². The van der Waals surface area contributed by atoms with Crippen molar-refractivity contribution in [2.45, 2.75) is 52.6 Å². The molecule has 0 saturated heterocycles. The highest BCUT2D eigenvalue weighted by molar-refractivity contribution is 7.10. The van der Waals surface area contributed by atoms with Gasteiger partial charge in [-0.05, 0) is 93.9 Å². The lowest BCUT2D eigenvalue weighted by molar-refractivity contribution is -0.136. The Balaban J connectivity index is 1.57. The SMILES string of the molecule is Cc1ccc(OC[C@@H]2c3ccsc3CCN2C(=O)CN(C(=O)c2ccc(F)cc2)C(C)(C)C)c(C)c1. The van der Waals surface area contributed by atoms with Crippen molar-refractivity contribution in [3.8, 4) is 5.75 Å². The van der Waals surface area contributed by atoms with Gasteiger partial charge >= 0.3 is 0 Å². The summed E-state index contributed by atoms with van der Waals surface area (Å²) in [6.07, 6.45) is 0.778. The minimum atomic E-state index is -0.602. The highest BCUT2D eigenvalue weighted by Gasteiger charge is 2.36. The maximum absolute atomic E-state index is 13.7. The smallest absolute Gasteiger partial charge is 0.254 e. The van der Waals surface area contributed by atoms with Gasteiger partial charge in [0.1, 0.15) is 24.7 Å². The number of carbonyl (C=O) groups is 2. The van der Waals surface area contributed by atoms with Crippen molar-refractivity contribution in [1.29, 1.82) is 0 Å². The van der Waals surface area contributed by atoms with Crippen LogP contribution in [-0.4, -0.2) is 46.8 Å². The molecular formula is C29H33FN2O3S. The molecule has 1 aliphatic heterocycles. The number of nitrogens with zero attached hydrogens (tertiary/aromatic N) is 2. The largest absolute Gasteiger partial charge is 0.491 e. The lowest BCUT2D eigenvalue weighted by Crippen LogP contribution is -2.53. The monoisotopic (exact) mass is 508 g/mol. The van der Waals surface area contributed by atoms with Crippen LogP contribution in [0.1, 0.15) is 58.7 Å². The molecule has 5 nitrogen and oxygen atoms in total. The first-order valence-corrected chi connectivity index (χ1v) is 13.1. The van der Waals surface area contributed by atoms with Gasteiger partial charge in [0.25, 0.3) is 5.91 Å². The van der Waals surface area contributed by atoms with E-state index in [0.717, 1.165) is 23.3 Å². The molecule has 2 amide bonds. The Bertz CT molecular complexity index is 1250. The average Bonchev–Trinajstić information content (AvgIpc) is 3.30. The summed E-state index contributed by atoms with van der Waals surface area (Å²) in [5.41, 5.74) is 3.08. The summed E-state index contributed by atoms with van der Waals surface area (Å²) in [7, 11) is 0. The Kier molecular flexibility index (Phi) is 7.50. The Morgan fingerprint density at radius 1 is 1.11 bits per heavy atom. The summed E-state index contributed by atoms with van der Waals surface area (Å²) in [4.78, 5) is 31.7.